The van der Waals surface area contributed by atoms with E-state index in [9.17, 15) is 4.79 Å². The van der Waals surface area contributed by atoms with Crippen LogP contribution in [0.2, 0.25) is 0 Å². The molecule has 0 aliphatic rings. The van der Waals surface area contributed by atoms with Gasteiger partial charge in [-0.1, -0.05) is 12.1 Å². The van der Waals surface area contributed by atoms with Crippen LogP contribution in [0.1, 0.15) is 19.4 Å². The minimum absolute atomic E-state index is 0.517. The van der Waals surface area contributed by atoms with Gasteiger partial charge in [-0.3, -0.25) is 10.1 Å². The van der Waals surface area contributed by atoms with E-state index in [1.165, 1.54) is 0 Å². The molecule has 1 rings (SSSR count). The molecule has 0 bridgehead atoms. The van der Waals surface area contributed by atoms with E-state index >= 15 is 0 Å². The highest BCUT2D eigenvalue weighted by Crippen LogP contribution is 2.12. The number of methoxy groups -OCH3 is 1. The van der Waals surface area contributed by atoms with Gasteiger partial charge in [0, 0.05) is 6.54 Å². The highest BCUT2D eigenvalue weighted by molar-refractivity contribution is 5.77. The number of ether oxygens (including phenoxy) is 1. The predicted molar refractivity (Wildman–Crippen MR) is 61.5 cm³/mol. The van der Waals surface area contributed by atoms with Crippen LogP contribution in [-0.2, 0) is 11.3 Å². The van der Waals surface area contributed by atoms with Crippen molar-refractivity contribution in [3.05, 3.63) is 29.8 Å². The zero-order valence-corrected chi connectivity index (χ0v) is 9.78. The number of nitrogens with one attached hydrogen (secondary N) is 1. The monoisotopic (exact) mass is 223 g/mol. The molecule has 0 saturated heterocycles. The second kappa shape index (κ2) is 4.99. The summed E-state index contributed by atoms with van der Waals surface area (Å²) in [5.74, 6) is -0.0674. The molecule has 0 radical (unpaired) electrons. The molecule has 0 aliphatic carbocycles. The lowest BCUT2D eigenvalue weighted by atomic mass is 10.1. The van der Waals surface area contributed by atoms with Crippen LogP contribution in [0.15, 0.2) is 24.3 Å². The summed E-state index contributed by atoms with van der Waals surface area (Å²) in [7, 11) is 1.61. The summed E-state index contributed by atoms with van der Waals surface area (Å²) in [5.41, 5.74) is 0.107. The largest absolute Gasteiger partial charge is 0.497 e. The number of benzene rings is 1. The van der Waals surface area contributed by atoms with Gasteiger partial charge in [0.15, 0.2) is 0 Å². The van der Waals surface area contributed by atoms with Crippen molar-refractivity contribution in [2.75, 3.05) is 7.11 Å². The van der Waals surface area contributed by atoms with Crippen LogP contribution in [0, 0.1) is 0 Å². The van der Waals surface area contributed by atoms with Gasteiger partial charge in [-0.15, -0.1) is 0 Å². The summed E-state index contributed by atoms with van der Waals surface area (Å²) in [6.45, 7) is 3.79. The molecule has 4 heteroatoms. The number of carboxylic acids is 1. The lowest BCUT2D eigenvalue weighted by molar-refractivity contribution is -0.143. The van der Waals surface area contributed by atoms with Gasteiger partial charge in [0.1, 0.15) is 11.3 Å². The van der Waals surface area contributed by atoms with E-state index < -0.39 is 11.5 Å². The average molecular weight is 223 g/mol. The van der Waals surface area contributed by atoms with Crippen molar-refractivity contribution in [2.45, 2.75) is 25.9 Å². The first-order valence-corrected chi connectivity index (χ1v) is 5.07. The summed E-state index contributed by atoms with van der Waals surface area (Å²) in [4.78, 5) is 10.9. The molecule has 0 spiro atoms. The number of aliphatic carboxylic acids is 1. The van der Waals surface area contributed by atoms with Gasteiger partial charge in [-0.2, -0.15) is 0 Å². The van der Waals surface area contributed by atoms with Crippen LogP contribution in [-0.4, -0.2) is 23.7 Å². The molecule has 16 heavy (non-hydrogen) atoms. The first-order valence-electron chi connectivity index (χ1n) is 5.07. The number of rotatable bonds is 5. The van der Waals surface area contributed by atoms with Crippen molar-refractivity contribution in [3.8, 4) is 5.75 Å². The van der Waals surface area contributed by atoms with E-state index in [4.69, 9.17) is 9.84 Å². The Balaban J connectivity index is 2.58. The van der Waals surface area contributed by atoms with Gasteiger partial charge in [0.2, 0.25) is 0 Å². The third kappa shape index (κ3) is 3.24. The van der Waals surface area contributed by atoms with Crippen LogP contribution in [0.4, 0.5) is 0 Å². The van der Waals surface area contributed by atoms with Gasteiger partial charge in [0.05, 0.1) is 7.11 Å². The highest BCUT2D eigenvalue weighted by Gasteiger charge is 2.25. The van der Waals surface area contributed by atoms with Crippen molar-refractivity contribution in [1.29, 1.82) is 0 Å². The van der Waals surface area contributed by atoms with E-state index in [2.05, 4.69) is 5.32 Å². The fraction of sp³-hybridized carbons (Fsp3) is 0.417. The molecule has 88 valence electrons. The van der Waals surface area contributed by atoms with E-state index in [0.717, 1.165) is 11.3 Å². The molecule has 0 aliphatic heterocycles. The number of carboxylic acid groups (broad SMARTS) is 1. The maximum atomic E-state index is 10.9. The van der Waals surface area contributed by atoms with Crippen molar-refractivity contribution in [3.63, 3.8) is 0 Å². The summed E-state index contributed by atoms with van der Waals surface area (Å²) in [6, 6.07) is 7.52. The quantitative estimate of drug-likeness (QED) is 0.796. The average Bonchev–Trinajstić information content (AvgIpc) is 2.27. The Morgan fingerprint density at radius 1 is 1.38 bits per heavy atom. The third-order valence-corrected chi connectivity index (χ3v) is 2.43. The van der Waals surface area contributed by atoms with Crippen molar-refractivity contribution >= 4 is 5.97 Å². The second-order valence-corrected chi connectivity index (χ2v) is 4.13. The minimum Gasteiger partial charge on any atom is -0.497 e. The minimum atomic E-state index is -0.917. The van der Waals surface area contributed by atoms with Crippen molar-refractivity contribution < 1.29 is 14.6 Å². The number of hydrogen-bond acceptors (Lipinski definition) is 3. The van der Waals surface area contributed by atoms with Gasteiger partial charge in [0.25, 0.3) is 0 Å². The van der Waals surface area contributed by atoms with Gasteiger partial charge in [-0.25, -0.2) is 0 Å². The second-order valence-electron chi connectivity index (χ2n) is 4.13. The summed E-state index contributed by atoms with van der Waals surface area (Å²) in [5, 5.41) is 11.9. The highest BCUT2D eigenvalue weighted by atomic mass is 16.5. The van der Waals surface area contributed by atoms with Crippen LogP contribution in [0.3, 0.4) is 0 Å². The number of carbonyl (C=O) groups is 1. The van der Waals surface area contributed by atoms with E-state index in [1.54, 1.807) is 21.0 Å². The molecule has 0 aromatic heterocycles. The fourth-order valence-electron chi connectivity index (χ4n) is 1.14. The molecule has 0 saturated carbocycles. The van der Waals surface area contributed by atoms with Gasteiger partial charge >= 0.3 is 5.97 Å². The maximum Gasteiger partial charge on any atom is 0.323 e. The zero-order valence-electron chi connectivity index (χ0n) is 9.78. The Labute approximate surface area is 95.2 Å². The summed E-state index contributed by atoms with van der Waals surface area (Å²) >= 11 is 0. The molecule has 2 N–H and O–H groups in total. The topological polar surface area (TPSA) is 58.6 Å². The first-order chi connectivity index (χ1) is 7.45. The van der Waals surface area contributed by atoms with Crippen molar-refractivity contribution in [2.24, 2.45) is 0 Å². The molecule has 1 aromatic carbocycles. The normalized spacial score (nSPS) is 11.2. The van der Waals surface area contributed by atoms with E-state index in [0.29, 0.717) is 6.54 Å². The third-order valence-electron chi connectivity index (χ3n) is 2.43. The molecule has 0 fully saturated rings. The summed E-state index contributed by atoms with van der Waals surface area (Å²) < 4.78 is 5.04. The van der Waals surface area contributed by atoms with Crippen LogP contribution >= 0.6 is 0 Å². The first kappa shape index (κ1) is 12.5. The Kier molecular flexibility index (Phi) is 3.90. The van der Waals surface area contributed by atoms with Gasteiger partial charge < -0.3 is 9.84 Å². The van der Waals surface area contributed by atoms with Crippen LogP contribution in [0.25, 0.3) is 0 Å². The lowest BCUT2D eigenvalue weighted by Gasteiger charge is -2.21. The lowest BCUT2D eigenvalue weighted by Crippen LogP contribution is -2.46. The van der Waals surface area contributed by atoms with Crippen LogP contribution < -0.4 is 10.1 Å². The Hall–Kier alpha value is -1.55. The molecular weight excluding hydrogens is 206 g/mol. The van der Waals surface area contributed by atoms with E-state index in [1.807, 2.05) is 24.3 Å². The molecule has 0 amide bonds. The molecule has 0 heterocycles. The molecular formula is C12H17NO3. The maximum absolute atomic E-state index is 10.9. The standard InChI is InChI=1S/C12H17NO3/c1-12(2,11(14)15)13-8-9-4-6-10(16-3)7-5-9/h4-7,13H,8H2,1-3H3,(H,14,15). The predicted octanol–water partition coefficient (Wildman–Crippen LogP) is 1.65. The Bertz CT molecular complexity index is 357. The number of hydrogen-bond donors (Lipinski definition) is 2. The smallest absolute Gasteiger partial charge is 0.323 e. The van der Waals surface area contributed by atoms with Crippen LogP contribution in [0.5, 0.6) is 5.75 Å². The fourth-order valence-corrected chi connectivity index (χ4v) is 1.14. The van der Waals surface area contributed by atoms with E-state index in [-0.39, 0.29) is 0 Å². The zero-order chi connectivity index (χ0) is 12.2. The SMILES string of the molecule is COc1ccc(CNC(C)(C)C(=O)O)cc1. The molecule has 0 atom stereocenters. The van der Waals surface area contributed by atoms with Crippen molar-refractivity contribution in [1.82, 2.24) is 5.32 Å². The molecule has 4 nitrogen and oxygen atoms in total. The molecule has 1 aromatic rings. The molecule has 0 unspecified atom stereocenters. The summed E-state index contributed by atoms with van der Waals surface area (Å²) in [6.07, 6.45) is 0. The van der Waals surface area contributed by atoms with Gasteiger partial charge in [-0.05, 0) is 31.5 Å². The Morgan fingerprint density at radius 3 is 2.38 bits per heavy atom. The Morgan fingerprint density at radius 2 is 1.94 bits per heavy atom.